The van der Waals surface area contributed by atoms with Crippen LogP contribution in [0.15, 0.2) is 0 Å². The molecule has 0 aromatic carbocycles. The van der Waals surface area contributed by atoms with E-state index in [-0.39, 0.29) is 6.10 Å². The molecule has 2 fully saturated rings. The SMILES string of the molecule is OC1CCCCC1CNC1CCCOCC1. The Bertz CT molecular complexity index is 190. The summed E-state index contributed by atoms with van der Waals surface area (Å²) < 4.78 is 5.45. The molecule has 0 amide bonds. The topological polar surface area (TPSA) is 41.5 Å². The predicted molar refractivity (Wildman–Crippen MR) is 64.4 cm³/mol. The third-order valence-corrected chi connectivity index (χ3v) is 3.99. The molecule has 2 N–H and O–H groups in total. The van der Waals surface area contributed by atoms with Crippen LogP contribution in [0.1, 0.15) is 44.9 Å². The van der Waals surface area contributed by atoms with Gasteiger partial charge >= 0.3 is 0 Å². The molecule has 1 aliphatic carbocycles. The summed E-state index contributed by atoms with van der Waals surface area (Å²) in [5, 5.41) is 13.5. The minimum absolute atomic E-state index is 0.0664. The van der Waals surface area contributed by atoms with Gasteiger partial charge in [0.15, 0.2) is 0 Å². The molecule has 0 radical (unpaired) electrons. The number of nitrogens with one attached hydrogen (secondary N) is 1. The van der Waals surface area contributed by atoms with Crippen LogP contribution in [0, 0.1) is 5.92 Å². The minimum Gasteiger partial charge on any atom is -0.393 e. The highest BCUT2D eigenvalue weighted by molar-refractivity contribution is 4.78. The van der Waals surface area contributed by atoms with E-state index in [4.69, 9.17) is 4.74 Å². The molecular weight excluding hydrogens is 202 g/mol. The van der Waals surface area contributed by atoms with Gasteiger partial charge in [0.25, 0.3) is 0 Å². The highest BCUT2D eigenvalue weighted by Crippen LogP contribution is 2.24. The number of aliphatic hydroxyl groups excluding tert-OH is 1. The molecular formula is C13H25NO2. The lowest BCUT2D eigenvalue weighted by atomic mass is 9.86. The normalized spacial score (nSPS) is 36.9. The van der Waals surface area contributed by atoms with Gasteiger partial charge in [0.1, 0.15) is 0 Å². The first-order chi connectivity index (χ1) is 7.86. The van der Waals surface area contributed by atoms with Crippen molar-refractivity contribution >= 4 is 0 Å². The van der Waals surface area contributed by atoms with Crippen LogP contribution in [0.5, 0.6) is 0 Å². The standard InChI is InChI=1S/C13H25NO2/c15-13-6-2-1-4-11(13)10-14-12-5-3-8-16-9-7-12/h11-15H,1-10H2. The molecule has 1 aliphatic heterocycles. The number of hydrogen-bond donors (Lipinski definition) is 2. The highest BCUT2D eigenvalue weighted by atomic mass is 16.5. The second-order valence-electron chi connectivity index (χ2n) is 5.26. The number of hydrogen-bond acceptors (Lipinski definition) is 3. The second-order valence-corrected chi connectivity index (χ2v) is 5.26. The van der Waals surface area contributed by atoms with Crippen molar-refractivity contribution in [3.05, 3.63) is 0 Å². The van der Waals surface area contributed by atoms with Crippen LogP contribution >= 0.6 is 0 Å². The van der Waals surface area contributed by atoms with Gasteiger partial charge < -0.3 is 15.2 Å². The van der Waals surface area contributed by atoms with E-state index in [0.29, 0.717) is 12.0 Å². The van der Waals surface area contributed by atoms with E-state index >= 15 is 0 Å². The Kier molecular flexibility index (Phi) is 5.07. The van der Waals surface area contributed by atoms with Gasteiger partial charge in [0.2, 0.25) is 0 Å². The Morgan fingerprint density at radius 2 is 1.88 bits per heavy atom. The maximum absolute atomic E-state index is 9.89. The van der Waals surface area contributed by atoms with Gasteiger partial charge in [-0.15, -0.1) is 0 Å². The number of ether oxygens (including phenoxy) is 1. The first kappa shape index (κ1) is 12.3. The average Bonchev–Trinajstić information content (AvgIpc) is 2.56. The summed E-state index contributed by atoms with van der Waals surface area (Å²) in [6.07, 6.45) is 8.14. The van der Waals surface area contributed by atoms with Crippen molar-refractivity contribution in [1.29, 1.82) is 0 Å². The molecule has 3 atom stereocenters. The van der Waals surface area contributed by atoms with Gasteiger partial charge in [-0.3, -0.25) is 0 Å². The summed E-state index contributed by atoms with van der Waals surface area (Å²) in [6, 6.07) is 0.608. The monoisotopic (exact) mass is 227 g/mol. The molecule has 0 bridgehead atoms. The van der Waals surface area contributed by atoms with Crippen LogP contribution < -0.4 is 5.32 Å². The molecule has 2 rings (SSSR count). The van der Waals surface area contributed by atoms with E-state index in [1.165, 1.54) is 32.1 Å². The molecule has 0 spiro atoms. The summed E-state index contributed by atoms with van der Waals surface area (Å²) in [5.74, 6) is 0.484. The predicted octanol–water partition coefficient (Wildman–Crippen LogP) is 1.70. The Balaban J connectivity index is 1.68. The van der Waals surface area contributed by atoms with Crippen molar-refractivity contribution in [2.24, 2.45) is 5.92 Å². The third kappa shape index (κ3) is 3.72. The average molecular weight is 227 g/mol. The lowest BCUT2D eigenvalue weighted by Crippen LogP contribution is -2.39. The van der Waals surface area contributed by atoms with Crippen molar-refractivity contribution in [1.82, 2.24) is 5.32 Å². The van der Waals surface area contributed by atoms with Crippen molar-refractivity contribution in [3.63, 3.8) is 0 Å². The molecule has 16 heavy (non-hydrogen) atoms. The zero-order valence-corrected chi connectivity index (χ0v) is 10.2. The second kappa shape index (κ2) is 6.58. The van der Waals surface area contributed by atoms with Gasteiger partial charge in [-0.2, -0.15) is 0 Å². The lowest BCUT2D eigenvalue weighted by molar-refractivity contribution is 0.0675. The van der Waals surface area contributed by atoms with Crippen LogP contribution in [0.4, 0.5) is 0 Å². The molecule has 94 valence electrons. The van der Waals surface area contributed by atoms with Crippen molar-refractivity contribution in [3.8, 4) is 0 Å². The zero-order chi connectivity index (χ0) is 11.2. The zero-order valence-electron chi connectivity index (χ0n) is 10.2. The molecule has 1 heterocycles. The first-order valence-corrected chi connectivity index (χ1v) is 6.85. The molecule has 0 aromatic rings. The van der Waals surface area contributed by atoms with E-state index in [9.17, 15) is 5.11 Å². The fourth-order valence-electron chi connectivity index (χ4n) is 2.85. The quantitative estimate of drug-likeness (QED) is 0.771. The maximum Gasteiger partial charge on any atom is 0.0580 e. The van der Waals surface area contributed by atoms with Crippen LogP contribution in [0.25, 0.3) is 0 Å². The number of rotatable bonds is 3. The fourth-order valence-corrected chi connectivity index (χ4v) is 2.85. The van der Waals surface area contributed by atoms with Crippen LogP contribution in [-0.4, -0.2) is 37.0 Å². The smallest absolute Gasteiger partial charge is 0.0580 e. The largest absolute Gasteiger partial charge is 0.393 e. The van der Waals surface area contributed by atoms with Crippen molar-refractivity contribution in [2.45, 2.75) is 57.1 Å². The third-order valence-electron chi connectivity index (χ3n) is 3.99. The highest BCUT2D eigenvalue weighted by Gasteiger charge is 2.23. The van der Waals surface area contributed by atoms with Crippen LogP contribution in [0.2, 0.25) is 0 Å². The van der Waals surface area contributed by atoms with Gasteiger partial charge in [-0.25, -0.2) is 0 Å². The van der Waals surface area contributed by atoms with Crippen molar-refractivity contribution in [2.75, 3.05) is 19.8 Å². The van der Waals surface area contributed by atoms with E-state index in [1.54, 1.807) is 0 Å². The summed E-state index contributed by atoms with van der Waals surface area (Å²) >= 11 is 0. The van der Waals surface area contributed by atoms with Crippen LogP contribution in [-0.2, 0) is 4.74 Å². The van der Waals surface area contributed by atoms with Gasteiger partial charge in [0.05, 0.1) is 6.10 Å². The summed E-state index contributed by atoms with van der Waals surface area (Å²) in [7, 11) is 0. The molecule has 1 saturated carbocycles. The number of aliphatic hydroxyl groups is 1. The summed E-state index contributed by atoms with van der Waals surface area (Å²) in [5.41, 5.74) is 0. The molecule has 1 saturated heterocycles. The summed E-state index contributed by atoms with van der Waals surface area (Å²) in [6.45, 7) is 2.81. The maximum atomic E-state index is 9.89. The van der Waals surface area contributed by atoms with E-state index in [2.05, 4.69) is 5.32 Å². The molecule has 3 unspecified atom stereocenters. The molecule has 3 nitrogen and oxygen atoms in total. The van der Waals surface area contributed by atoms with E-state index in [0.717, 1.165) is 32.6 Å². The Morgan fingerprint density at radius 3 is 2.75 bits per heavy atom. The Labute approximate surface area is 98.6 Å². The molecule has 0 aromatic heterocycles. The van der Waals surface area contributed by atoms with Gasteiger partial charge in [-0.05, 0) is 38.0 Å². The van der Waals surface area contributed by atoms with Crippen LogP contribution in [0.3, 0.4) is 0 Å². The lowest BCUT2D eigenvalue weighted by Gasteiger charge is -2.29. The fraction of sp³-hybridized carbons (Fsp3) is 1.00. The van der Waals surface area contributed by atoms with E-state index < -0.39 is 0 Å². The first-order valence-electron chi connectivity index (χ1n) is 6.85. The minimum atomic E-state index is -0.0664. The Hall–Kier alpha value is -0.120. The Morgan fingerprint density at radius 1 is 1.00 bits per heavy atom. The van der Waals surface area contributed by atoms with Crippen molar-refractivity contribution < 1.29 is 9.84 Å². The van der Waals surface area contributed by atoms with Gasteiger partial charge in [0, 0.05) is 25.8 Å². The summed E-state index contributed by atoms with van der Waals surface area (Å²) in [4.78, 5) is 0. The molecule has 3 heteroatoms. The molecule has 2 aliphatic rings. The van der Waals surface area contributed by atoms with Gasteiger partial charge in [-0.1, -0.05) is 12.8 Å². The van der Waals surface area contributed by atoms with E-state index in [1.807, 2.05) is 0 Å².